The molecule has 1 N–H and O–H groups in total. The van der Waals surface area contributed by atoms with E-state index in [0.29, 0.717) is 11.5 Å². The van der Waals surface area contributed by atoms with Gasteiger partial charge in [-0.3, -0.25) is 4.98 Å². The number of rotatable bonds is 4. The third-order valence-electron chi connectivity index (χ3n) is 4.83. The molecule has 1 aromatic heterocycles. The molecule has 0 unspecified atom stereocenters. The van der Waals surface area contributed by atoms with E-state index in [-0.39, 0.29) is 12.4 Å². The van der Waals surface area contributed by atoms with E-state index in [4.69, 9.17) is 4.74 Å². The molecule has 126 valence electrons. The fourth-order valence-electron chi connectivity index (χ4n) is 3.41. The highest BCUT2D eigenvalue weighted by atomic mass is 35.5. The number of ether oxygens (including phenoxy) is 1. The van der Waals surface area contributed by atoms with Gasteiger partial charge in [0.15, 0.2) is 5.75 Å². The zero-order valence-corrected chi connectivity index (χ0v) is 15.4. The van der Waals surface area contributed by atoms with E-state index in [1.807, 2.05) is 12.3 Å². The normalized spacial score (nSPS) is 21.9. The number of pyridine rings is 1. The molecule has 0 spiro atoms. The van der Waals surface area contributed by atoms with Gasteiger partial charge in [0.1, 0.15) is 0 Å². The van der Waals surface area contributed by atoms with Crippen molar-refractivity contribution in [1.29, 1.82) is 0 Å². The van der Waals surface area contributed by atoms with Gasteiger partial charge in [0.05, 0.1) is 18.5 Å². The van der Waals surface area contributed by atoms with Crippen molar-refractivity contribution >= 4 is 18.1 Å². The van der Waals surface area contributed by atoms with Crippen molar-refractivity contribution in [3.05, 3.63) is 18.0 Å². The van der Waals surface area contributed by atoms with E-state index < -0.39 is 0 Å². The van der Waals surface area contributed by atoms with Crippen LogP contribution in [0.15, 0.2) is 12.3 Å². The number of nitrogens with one attached hydrogen (secondary N) is 1. The number of aryl methyl sites for hydroxylation is 1. The third-order valence-corrected chi connectivity index (χ3v) is 4.83. The predicted molar refractivity (Wildman–Crippen MR) is 96.2 cm³/mol. The zero-order chi connectivity index (χ0) is 15.5. The van der Waals surface area contributed by atoms with E-state index in [1.165, 1.54) is 25.7 Å². The van der Waals surface area contributed by atoms with Gasteiger partial charge in [0.2, 0.25) is 0 Å². The zero-order valence-electron chi connectivity index (χ0n) is 14.6. The summed E-state index contributed by atoms with van der Waals surface area (Å²) in [5, 5.41) is 3.68. The fourth-order valence-corrected chi connectivity index (χ4v) is 3.41. The van der Waals surface area contributed by atoms with Gasteiger partial charge in [0, 0.05) is 12.2 Å². The Hall–Kier alpha value is -0.960. The first-order valence-electron chi connectivity index (χ1n) is 8.24. The first-order chi connectivity index (χ1) is 9.95. The maximum absolute atomic E-state index is 5.56. The van der Waals surface area contributed by atoms with Crippen molar-refractivity contribution in [2.45, 2.75) is 65.8 Å². The van der Waals surface area contributed by atoms with Crippen molar-refractivity contribution in [3.8, 4) is 5.75 Å². The molecule has 1 aliphatic carbocycles. The SMILES string of the molecule is CCc1nccc(NC2CCC(C(C)(C)C)CC2)c1OC.Cl. The van der Waals surface area contributed by atoms with Gasteiger partial charge >= 0.3 is 0 Å². The first-order valence-corrected chi connectivity index (χ1v) is 8.24. The number of anilines is 1. The number of hydrogen-bond donors (Lipinski definition) is 1. The van der Waals surface area contributed by atoms with Crippen LogP contribution in [0.25, 0.3) is 0 Å². The monoisotopic (exact) mass is 326 g/mol. The Bertz CT molecular complexity index is 463. The van der Waals surface area contributed by atoms with Gasteiger partial charge in [0.25, 0.3) is 0 Å². The van der Waals surface area contributed by atoms with Crippen LogP contribution in [0.5, 0.6) is 5.75 Å². The fraction of sp³-hybridized carbons (Fsp3) is 0.722. The largest absolute Gasteiger partial charge is 0.493 e. The molecule has 0 atom stereocenters. The van der Waals surface area contributed by atoms with Crippen molar-refractivity contribution in [2.75, 3.05) is 12.4 Å². The van der Waals surface area contributed by atoms with E-state index in [1.54, 1.807) is 7.11 Å². The summed E-state index contributed by atoms with van der Waals surface area (Å²) in [6.45, 7) is 9.21. The second kappa shape index (κ2) is 8.05. The lowest BCUT2D eigenvalue weighted by Gasteiger charge is -2.37. The summed E-state index contributed by atoms with van der Waals surface area (Å²) in [6, 6.07) is 2.60. The van der Waals surface area contributed by atoms with E-state index in [0.717, 1.165) is 29.5 Å². The van der Waals surface area contributed by atoms with Crippen molar-refractivity contribution < 1.29 is 4.74 Å². The van der Waals surface area contributed by atoms with E-state index in [2.05, 4.69) is 38.0 Å². The van der Waals surface area contributed by atoms with Gasteiger partial charge in [-0.15, -0.1) is 12.4 Å². The van der Waals surface area contributed by atoms with Gasteiger partial charge in [-0.1, -0.05) is 27.7 Å². The molecule has 1 aromatic rings. The summed E-state index contributed by atoms with van der Waals surface area (Å²) in [7, 11) is 1.73. The summed E-state index contributed by atoms with van der Waals surface area (Å²) in [4.78, 5) is 4.40. The molecular weight excluding hydrogens is 296 g/mol. The number of methoxy groups -OCH3 is 1. The maximum atomic E-state index is 5.56. The van der Waals surface area contributed by atoms with Crippen molar-refractivity contribution in [3.63, 3.8) is 0 Å². The molecule has 0 amide bonds. The molecule has 0 saturated heterocycles. The number of aromatic nitrogens is 1. The average molecular weight is 327 g/mol. The van der Waals surface area contributed by atoms with Crippen LogP contribution in [0.2, 0.25) is 0 Å². The van der Waals surface area contributed by atoms with Crippen LogP contribution < -0.4 is 10.1 Å². The third kappa shape index (κ3) is 4.52. The Morgan fingerprint density at radius 2 is 1.86 bits per heavy atom. The Morgan fingerprint density at radius 3 is 2.36 bits per heavy atom. The van der Waals surface area contributed by atoms with Crippen molar-refractivity contribution in [2.24, 2.45) is 11.3 Å². The lowest BCUT2D eigenvalue weighted by atomic mass is 9.71. The van der Waals surface area contributed by atoms with Crippen LogP contribution in [0.4, 0.5) is 5.69 Å². The molecule has 2 rings (SSSR count). The molecule has 0 aromatic carbocycles. The second-order valence-electron chi connectivity index (χ2n) is 7.25. The van der Waals surface area contributed by atoms with Gasteiger partial charge in [-0.05, 0) is 49.5 Å². The van der Waals surface area contributed by atoms with Crippen LogP contribution in [-0.2, 0) is 6.42 Å². The maximum Gasteiger partial charge on any atom is 0.163 e. The number of nitrogens with zero attached hydrogens (tertiary/aromatic N) is 1. The highest BCUT2D eigenvalue weighted by Gasteiger charge is 2.29. The van der Waals surface area contributed by atoms with Gasteiger partial charge in [-0.2, -0.15) is 0 Å². The number of halogens is 1. The Morgan fingerprint density at radius 1 is 1.23 bits per heavy atom. The molecular formula is C18H31ClN2O. The molecule has 1 aliphatic rings. The lowest BCUT2D eigenvalue weighted by molar-refractivity contribution is 0.173. The molecule has 0 aliphatic heterocycles. The molecule has 0 radical (unpaired) electrons. The van der Waals surface area contributed by atoms with Crippen molar-refractivity contribution in [1.82, 2.24) is 4.98 Å². The Kier molecular flexibility index (Phi) is 6.98. The molecule has 0 bridgehead atoms. The van der Waals surface area contributed by atoms with Crippen LogP contribution in [0, 0.1) is 11.3 Å². The van der Waals surface area contributed by atoms with E-state index in [9.17, 15) is 0 Å². The highest BCUT2D eigenvalue weighted by Crippen LogP contribution is 2.39. The standard InChI is InChI=1S/C18H30N2O.ClH/c1-6-15-17(21-5)16(11-12-19-15)20-14-9-7-13(8-10-14)18(2,3)4;/h11-14H,6-10H2,1-5H3,(H,19,20);1H. The summed E-state index contributed by atoms with van der Waals surface area (Å²) in [6.07, 6.45) is 7.90. The molecule has 22 heavy (non-hydrogen) atoms. The van der Waals surface area contributed by atoms with Gasteiger partial charge in [-0.25, -0.2) is 0 Å². The van der Waals surface area contributed by atoms with Crippen LogP contribution in [0.3, 0.4) is 0 Å². The highest BCUT2D eigenvalue weighted by molar-refractivity contribution is 5.85. The summed E-state index contributed by atoms with van der Waals surface area (Å²) in [5.41, 5.74) is 2.57. The first kappa shape index (κ1) is 19.1. The minimum atomic E-state index is 0. The molecule has 1 saturated carbocycles. The Balaban J connectivity index is 0.00000242. The summed E-state index contributed by atoms with van der Waals surface area (Å²) in [5.74, 6) is 1.76. The topological polar surface area (TPSA) is 34.2 Å². The van der Waals surface area contributed by atoms with Crippen LogP contribution in [0.1, 0.15) is 59.1 Å². The Labute approximate surface area is 141 Å². The van der Waals surface area contributed by atoms with E-state index >= 15 is 0 Å². The average Bonchev–Trinajstić information content (AvgIpc) is 2.46. The lowest BCUT2D eigenvalue weighted by Crippen LogP contribution is -2.31. The second-order valence-corrected chi connectivity index (χ2v) is 7.25. The van der Waals surface area contributed by atoms with Crippen LogP contribution >= 0.6 is 12.4 Å². The number of hydrogen-bond acceptors (Lipinski definition) is 3. The summed E-state index contributed by atoms with van der Waals surface area (Å²) >= 11 is 0. The predicted octanol–water partition coefficient (Wildman–Crippen LogP) is 5.09. The molecule has 1 heterocycles. The molecule has 4 heteroatoms. The molecule has 3 nitrogen and oxygen atoms in total. The summed E-state index contributed by atoms with van der Waals surface area (Å²) < 4.78 is 5.56. The minimum Gasteiger partial charge on any atom is -0.493 e. The smallest absolute Gasteiger partial charge is 0.163 e. The minimum absolute atomic E-state index is 0. The van der Waals surface area contributed by atoms with Gasteiger partial charge < -0.3 is 10.1 Å². The molecule has 1 fully saturated rings. The van der Waals surface area contributed by atoms with Crippen LogP contribution in [-0.4, -0.2) is 18.1 Å². The quantitative estimate of drug-likeness (QED) is 0.836.